The molecule has 1 rings (SSSR count). The Kier molecular flexibility index (Phi) is 4.36. The van der Waals surface area contributed by atoms with E-state index in [4.69, 9.17) is 4.74 Å². The van der Waals surface area contributed by atoms with Crippen molar-refractivity contribution in [2.45, 2.75) is 40.7 Å². The molecule has 1 aromatic carbocycles. The van der Waals surface area contributed by atoms with Crippen LogP contribution in [0.25, 0.3) is 0 Å². The van der Waals surface area contributed by atoms with Gasteiger partial charge in [0, 0.05) is 0 Å². The van der Waals surface area contributed by atoms with E-state index in [0.29, 0.717) is 5.92 Å². The summed E-state index contributed by atoms with van der Waals surface area (Å²) in [5.41, 5.74) is 3.19. The number of ether oxygens (including phenoxy) is 1. The van der Waals surface area contributed by atoms with E-state index in [1.165, 1.54) is 0 Å². The van der Waals surface area contributed by atoms with Crippen LogP contribution in [0.3, 0.4) is 0 Å². The van der Waals surface area contributed by atoms with Gasteiger partial charge in [0.2, 0.25) is 0 Å². The first-order valence-corrected chi connectivity index (χ1v) is 5.83. The molecule has 2 heteroatoms. The van der Waals surface area contributed by atoms with E-state index in [-0.39, 0.29) is 0 Å². The Hall–Kier alpha value is -1.02. The van der Waals surface area contributed by atoms with Gasteiger partial charge >= 0.3 is 0 Å². The maximum atomic E-state index is 9.65. The molecule has 1 atom stereocenters. The fraction of sp³-hybridized carbons (Fsp3) is 0.571. The predicted octanol–water partition coefficient (Wildman–Crippen LogP) is 3.39. The van der Waals surface area contributed by atoms with Gasteiger partial charge in [-0.25, -0.2) is 0 Å². The maximum absolute atomic E-state index is 9.65. The van der Waals surface area contributed by atoms with Crippen LogP contribution >= 0.6 is 0 Å². The molecule has 0 aliphatic rings. The number of aryl methyl sites for hydroxylation is 2. The molecular formula is C14H22O2. The van der Waals surface area contributed by atoms with Crippen molar-refractivity contribution in [1.82, 2.24) is 0 Å². The molecule has 0 radical (unpaired) electrons. The van der Waals surface area contributed by atoms with Crippen LogP contribution in [0.15, 0.2) is 12.1 Å². The van der Waals surface area contributed by atoms with Crippen LogP contribution in [-0.2, 0) is 0 Å². The minimum Gasteiger partial charge on any atom is -0.493 e. The molecule has 16 heavy (non-hydrogen) atoms. The largest absolute Gasteiger partial charge is 0.493 e. The Balaban J connectivity index is 2.92. The topological polar surface area (TPSA) is 29.5 Å². The lowest BCUT2D eigenvalue weighted by Gasteiger charge is -2.16. The normalized spacial score (nSPS) is 12.9. The van der Waals surface area contributed by atoms with Crippen LogP contribution in [0.5, 0.6) is 5.75 Å². The van der Waals surface area contributed by atoms with Crippen molar-refractivity contribution < 1.29 is 9.84 Å². The van der Waals surface area contributed by atoms with Gasteiger partial charge in [0.05, 0.1) is 12.7 Å². The summed E-state index contributed by atoms with van der Waals surface area (Å²) < 4.78 is 5.68. The van der Waals surface area contributed by atoms with Crippen LogP contribution in [0.1, 0.15) is 43.6 Å². The summed E-state index contributed by atoms with van der Waals surface area (Å²) in [4.78, 5) is 0. The molecular weight excluding hydrogens is 200 g/mol. The van der Waals surface area contributed by atoms with Crippen molar-refractivity contribution in [3.8, 4) is 5.75 Å². The van der Waals surface area contributed by atoms with Crippen LogP contribution in [0.4, 0.5) is 0 Å². The molecule has 0 aliphatic heterocycles. The molecule has 1 N–H and O–H groups in total. The zero-order valence-electron chi connectivity index (χ0n) is 10.9. The van der Waals surface area contributed by atoms with Crippen molar-refractivity contribution in [2.24, 2.45) is 5.92 Å². The summed E-state index contributed by atoms with van der Waals surface area (Å²) in [6, 6.07) is 3.99. The number of hydrogen-bond acceptors (Lipinski definition) is 2. The van der Waals surface area contributed by atoms with Gasteiger partial charge in [-0.2, -0.15) is 0 Å². The van der Waals surface area contributed by atoms with E-state index in [9.17, 15) is 5.11 Å². The second-order valence-corrected chi connectivity index (χ2v) is 4.85. The number of aliphatic hydroxyl groups excluding tert-OH is 1. The van der Waals surface area contributed by atoms with Crippen LogP contribution in [0.2, 0.25) is 0 Å². The molecule has 2 nitrogen and oxygen atoms in total. The van der Waals surface area contributed by atoms with Gasteiger partial charge in [0.15, 0.2) is 0 Å². The van der Waals surface area contributed by atoms with E-state index in [2.05, 4.69) is 13.8 Å². The fourth-order valence-electron chi connectivity index (χ4n) is 1.94. The van der Waals surface area contributed by atoms with E-state index in [0.717, 1.165) is 29.0 Å². The highest BCUT2D eigenvalue weighted by Crippen LogP contribution is 2.26. The van der Waals surface area contributed by atoms with Gasteiger partial charge in [-0.1, -0.05) is 13.8 Å². The molecule has 0 aliphatic carbocycles. The SMILES string of the molecule is Cc1cc(OCC(C)C)cc(C)c1[C@@H](C)O. The van der Waals surface area contributed by atoms with E-state index >= 15 is 0 Å². The number of rotatable bonds is 4. The zero-order chi connectivity index (χ0) is 12.3. The standard InChI is InChI=1S/C14H22O2/c1-9(2)8-16-13-6-10(3)14(12(5)15)11(4)7-13/h6-7,9,12,15H,8H2,1-5H3/t12-/m1/s1. The van der Waals surface area contributed by atoms with Crippen molar-refractivity contribution >= 4 is 0 Å². The molecule has 0 spiro atoms. The van der Waals surface area contributed by atoms with Gasteiger partial charge in [0.1, 0.15) is 5.75 Å². The number of benzene rings is 1. The van der Waals surface area contributed by atoms with Gasteiger partial charge in [0.25, 0.3) is 0 Å². The lowest BCUT2D eigenvalue weighted by Crippen LogP contribution is -2.06. The summed E-state index contributed by atoms with van der Waals surface area (Å²) in [5, 5.41) is 9.65. The van der Waals surface area contributed by atoms with Gasteiger partial charge in [-0.05, 0) is 55.5 Å². The Morgan fingerprint density at radius 2 is 1.62 bits per heavy atom. The third-order valence-electron chi connectivity index (χ3n) is 2.57. The van der Waals surface area contributed by atoms with E-state index in [1.54, 1.807) is 6.92 Å². The lowest BCUT2D eigenvalue weighted by molar-refractivity contribution is 0.197. The lowest BCUT2D eigenvalue weighted by atomic mass is 9.98. The van der Waals surface area contributed by atoms with Gasteiger partial charge < -0.3 is 9.84 Å². The summed E-state index contributed by atoms with van der Waals surface area (Å²) in [7, 11) is 0. The highest BCUT2D eigenvalue weighted by atomic mass is 16.5. The highest BCUT2D eigenvalue weighted by Gasteiger charge is 2.10. The summed E-state index contributed by atoms with van der Waals surface area (Å²) in [6.45, 7) is 10.8. The maximum Gasteiger partial charge on any atom is 0.119 e. The first kappa shape index (κ1) is 13.0. The fourth-order valence-corrected chi connectivity index (χ4v) is 1.94. The minimum absolute atomic E-state index is 0.417. The molecule has 0 bridgehead atoms. The van der Waals surface area contributed by atoms with Crippen molar-refractivity contribution in [3.63, 3.8) is 0 Å². The molecule has 1 aromatic rings. The smallest absolute Gasteiger partial charge is 0.119 e. The summed E-state index contributed by atoms with van der Waals surface area (Å²) in [5.74, 6) is 1.42. The van der Waals surface area contributed by atoms with Gasteiger partial charge in [-0.15, -0.1) is 0 Å². The van der Waals surface area contributed by atoms with Crippen molar-refractivity contribution in [2.75, 3.05) is 6.61 Å². The number of aliphatic hydroxyl groups is 1. The first-order valence-electron chi connectivity index (χ1n) is 5.83. The third-order valence-corrected chi connectivity index (χ3v) is 2.57. The van der Waals surface area contributed by atoms with Crippen LogP contribution in [0, 0.1) is 19.8 Å². The average molecular weight is 222 g/mol. The Labute approximate surface area is 98.3 Å². The number of hydrogen-bond donors (Lipinski definition) is 1. The second kappa shape index (κ2) is 5.35. The molecule has 0 fully saturated rings. The third kappa shape index (κ3) is 3.24. The van der Waals surface area contributed by atoms with Crippen LogP contribution in [-0.4, -0.2) is 11.7 Å². The summed E-state index contributed by atoms with van der Waals surface area (Å²) >= 11 is 0. The Morgan fingerprint density at radius 1 is 1.12 bits per heavy atom. The first-order chi connectivity index (χ1) is 7.41. The average Bonchev–Trinajstić information content (AvgIpc) is 2.12. The van der Waals surface area contributed by atoms with E-state index in [1.807, 2.05) is 26.0 Å². The predicted molar refractivity (Wildman–Crippen MR) is 66.9 cm³/mol. The quantitative estimate of drug-likeness (QED) is 0.846. The highest BCUT2D eigenvalue weighted by molar-refractivity contribution is 5.42. The van der Waals surface area contributed by atoms with Crippen molar-refractivity contribution in [3.05, 3.63) is 28.8 Å². The van der Waals surface area contributed by atoms with Crippen LogP contribution < -0.4 is 4.74 Å². The van der Waals surface area contributed by atoms with Crippen molar-refractivity contribution in [1.29, 1.82) is 0 Å². The molecule has 0 aromatic heterocycles. The molecule has 0 amide bonds. The minimum atomic E-state index is -0.417. The molecule has 0 unspecified atom stereocenters. The Bertz CT molecular complexity index is 331. The zero-order valence-corrected chi connectivity index (χ0v) is 10.9. The molecule has 0 saturated carbocycles. The molecule has 0 heterocycles. The second-order valence-electron chi connectivity index (χ2n) is 4.85. The molecule has 0 saturated heterocycles. The van der Waals surface area contributed by atoms with E-state index < -0.39 is 6.10 Å². The molecule has 90 valence electrons. The summed E-state index contributed by atoms with van der Waals surface area (Å²) in [6.07, 6.45) is -0.417. The van der Waals surface area contributed by atoms with Gasteiger partial charge in [-0.3, -0.25) is 0 Å². The monoisotopic (exact) mass is 222 g/mol. The Morgan fingerprint density at radius 3 is 2.00 bits per heavy atom.